The van der Waals surface area contributed by atoms with Crippen molar-refractivity contribution in [2.45, 2.75) is 25.9 Å². The second-order valence-electron chi connectivity index (χ2n) is 3.59. The maximum Gasteiger partial charge on any atom is 0.236 e. The number of carbonyl (C=O) groups is 1. The SMILES string of the molecule is COCCCNC(=O)C(C)NCc1ncon1. The van der Waals surface area contributed by atoms with Crippen LogP contribution in [0.3, 0.4) is 0 Å². The number of hydrogen-bond acceptors (Lipinski definition) is 6. The maximum atomic E-state index is 11.6. The third-order valence-corrected chi connectivity index (χ3v) is 2.19. The van der Waals surface area contributed by atoms with Crippen LogP contribution in [0.25, 0.3) is 0 Å². The van der Waals surface area contributed by atoms with E-state index in [1.165, 1.54) is 6.39 Å². The maximum absolute atomic E-state index is 11.6. The fraction of sp³-hybridized carbons (Fsp3) is 0.700. The van der Waals surface area contributed by atoms with Crippen molar-refractivity contribution in [2.75, 3.05) is 20.3 Å². The Morgan fingerprint density at radius 3 is 3.12 bits per heavy atom. The zero-order chi connectivity index (χ0) is 12.5. The van der Waals surface area contributed by atoms with Crippen molar-refractivity contribution in [2.24, 2.45) is 0 Å². The largest absolute Gasteiger partial charge is 0.385 e. The van der Waals surface area contributed by atoms with E-state index < -0.39 is 0 Å². The molecule has 0 aliphatic carbocycles. The summed E-state index contributed by atoms with van der Waals surface area (Å²) in [6.07, 6.45) is 2.06. The molecule has 7 heteroatoms. The molecule has 96 valence electrons. The second kappa shape index (κ2) is 7.75. The Bertz CT molecular complexity index is 315. The lowest BCUT2D eigenvalue weighted by Gasteiger charge is -2.12. The minimum atomic E-state index is -0.295. The van der Waals surface area contributed by atoms with E-state index in [1.807, 2.05) is 0 Å². The summed E-state index contributed by atoms with van der Waals surface area (Å²) < 4.78 is 9.47. The number of amides is 1. The van der Waals surface area contributed by atoms with Crippen molar-refractivity contribution in [3.63, 3.8) is 0 Å². The summed E-state index contributed by atoms with van der Waals surface area (Å²) in [5, 5.41) is 9.44. The summed E-state index contributed by atoms with van der Waals surface area (Å²) in [6, 6.07) is -0.295. The molecule has 17 heavy (non-hydrogen) atoms. The molecule has 0 radical (unpaired) electrons. The summed E-state index contributed by atoms with van der Waals surface area (Å²) in [4.78, 5) is 15.4. The van der Waals surface area contributed by atoms with Crippen LogP contribution in [0.1, 0.15) is 19.2 Å². The van der Waals surface area contributed by atoms with Crippen LogP contribution >= 0.6 is 0 Å². The quantitative estimate of drug-likeness (QED) is 0.608. The Morgan fingerprint density at radius 1 is 1.65 bits per heavy atom. The average molecular weight is 242 g/mol. The van der Waals surface area contributed by atoms with Gasteiger partial charge in [0.2, 0.25) is 12.3 Å². The van der Waals surface area contributed by atoms with Gasteiger partial charge in [-0.1, -0.05) is 5.16 Å². The summed E-state index contributed by atoms with van der Waals surface area (Å²) in [5.41, 5.74) is 0. The first-order chi connectivity index (χ1) is 8.24. The molecule has 0 saturated carbocycles. The van der Waals surface area contributed by atoms with Gasteiger partial charge >= 0.3 is 0 Å². The van der Waals surface area contributed by atoms with Gasteiger partial charge in [-0.15, -0.1) is 0 Å². The topological polar surface area (TPSA) is 89.3 Å². The molecule has 0 fully saturated rings. The lowest BCUT2D eigenvalue weighted by atomic mass is 10.3. The standard InChI is InChI=1S/C10H18N4O3/c1-8(10(15)11-4-3-5-16-2)12-6-9-13-7-17-14-9/h7-8,12H,3-6H2,1-2H3,(H,11,15). The van der Waals surface area contributed by atoms with Gasteiger partial charge in [0.15, 0.2) is 5.82 Å². The van der Waals surface area contributed by atoms with Gasteiger partial charge in [-0.2, -0.15) is 4.98 Å². The molecule has 0 aliphatic heterocycles. The highest BCUT2D eigenvalue weighted by Gasteiger charge is 2.12. The minimum absolute atomic E-state index is 0.0513. The Kier molecular flexibility index (Phi) is 6.19. The van der Waals surface area contributed by atoms with Gasteiger partial charge < -0.3 is 14.6 Å². The Hall–Kier alpha value is -1.47. The lowest BCUT2D eigenvalue weighted by Crippen LogP contribution is -2.42. The zero-order valence-corrected chi connectivity index (χ0v) is 10.1. The average Bonchev–Trinajstić information content (AvgIpc) is 2.84. The molecule has 1 amide bonds. The molecule has 1 aromatic heterocycles. The van der Waals surface area contributed by atoms with E-state index in [0.29, 0.717) is 25.5 Å². The monoisotopic (exact) mass is 242 g/mol. The Labute approximate surface area is 99.9 Å². The minimum Gasteiger partial charge on any atom is -0.385 e. The van der Waals surface area contributed by atoms with Gasteiger partial charge in [0.25, 0.3) is 0 Å². The fourth-order valence-corrected chi connectivity index (χ4v) is 1.19. The van der Waals surface area contributed by atoms with Gasteiger partial charge in [-0.3, -0.25) is 10.1 Å². The van der Waals surface area contributed by atoms with Crippen LogP contribution in [0.4, 0.5) is 0 Å². The van der Waals surface area contributed by atoms with Crippen molar-refractivity contribution in [3.05, 3.63) is 12.2 Å². The van der Waals surface area contributed by atoms with E-state index in [-0.39, 0.29) is 11.9 Å². The van der Waals surface area contributed by atoms with Crippen LogP contribution in [0.5, 0.6) is 0 Å². The Morgan fingerprint density at radius 2 is 2.47 bits per heavy atom. The number of nitrogens with zero attached hydrogens (tertiary/aromatic N) is 2. The lowest BCUT2D eigenvalue weighted by molar-refractivity contribution is -0.122. The van der Waals surface area contributed by atoms with Crippen LogP contribution in [-0.2, 0) is 16.1 Å². The first-order valence-corrected chi connectivity index (χ1v) is 5.49. The van der Waals surface area contributed by atoms with Crippen molar-refractivity contribution < 1.29 is 14.1 Å². The van der Waals surface area contributed by atoms with E-state index in [9.17, 15) is 4.79 Å². The normalized spacial score (nSPS) is 12.4. The molecule has 0 aromatic carbocycles. The molecule has 1 heterocycles. The summed E-state index contributed by atoms with van der Waals surface area (Å²) >= 11 is 0. The Balaban J connectivity index is 2.13. The number of nitrogens with one attached hydrogen (secondary N) is 2. The summed E-state index contributed by atoms with van der Waals surface area (Å²) in [5.74, 6) is 0.480. The molecule has 0 aliphatic rings. The van der Waals surface area contributed by atoms with E-state index >= 15 is 0 Å². The highest BCUT2D eigenvalue weighted by Crippen LogP contribution is 1.90. The fourth-order valence-electron chi connectivity index (χ4n) is 1.19. The van der Waals surface area contributed by atoms with Crippen molar-refractivity contribution in [1.82, 2.24) is 20.8 Å². The molecule has 2 N–H and O–H groups in total. The van der Waals surface area contributed by atoms with Gasteiger partial charge in [-0.05, 0) is 13.3 Å². The van der Waals surface area contributed by atoms with Crippen LogP contribution < -0.4 is 10.6 Å². The van der Waals surface area contributed by atoms with Crippen LogP contribution in [0, 0.1) is 0 Å². The summed E-state index contributed by atoms with van der Waals surface area (Å²) in [6.45, 7) is 3.45. The first kappa shape index (κ1) is 13.6. The molecular weight excluding hydrogens is 224 g/mol. The molecule has 7 nitrogen and oxygen atoms in total. The first-order valence-electron chi connectivity index (χ1n) is 5.49. The summed E-state index contributed by atoms with van der Waals surface area (Å²) in [7, 11) is 1.64. The number of methoxy groups -OCH3 is 1. The molecular formula is C10H18N4O3. The van der Waals surface area contributed by atoms with Gasteiger partial charge in [-0.25, -0.2) is 0 Å². The molecule has 0 saturated heterocycles. The van der Waals surface area contributed by atoms with Crippen molar-refractivity contribution in [1.29, 1.82) is 0 Å². The van der Waals surface area contributed by atoms with E-state index in [1.54, 1.807) is 14.0 Å². The zero-order valence-electron chi connectivity index (χ0n) is 10.1. The third kappa shape index (κ3) is 5.41. The third-order valence-electron chi connectivity index (χ3n) is 2.19. The van der Waals surface area contributed by atoms with Crippen LogP contribution in [0.2, 0.25) is 0 Å². The van der Waals surface area contributed by atoms with Crippen LogP contribution in [0.15, 0.2) is 10.9 Å². The van der Waals surface area contributed by atoms with Gasteiger partial charge in [0, 0.05) is 20.3 Å². The highest BCUT2D eigenvalue weighted by molar-refractivity contribution is 5.81. The molecule has 1 rings (SSSR count). The number of aromatic nitrogens is 2. The molecule has 0 spiro atoms. The molecule has 0 bridgehead atoms. The molecule has 1 aromatic rings. The second-order valence-corrected chi connectivity index (χ2v) is 3.59. The molecule has 1 unspecified atom stereocenters. The van der Waals surface area contributed by atoms with E-state index in [4.69, 9.17) is 4.74 Å². The van der Waals surface area contributed by atoms with Gasteiger partial charge in [0.1, 0.15) is 0 Å². The number of carbonyl (C=O) groups excluding carboxylic acids is 1. The smallest absolute Gasteiger partial charge is 0.236 e. The number of ether oxygens (including phenoxy) is 1. The number of hydrogen-bond donors (Lipinski definition) is 2. The molecule has 1 atom stereocenters. The van der Waals surface area contributed by atoms with Crippen molar-refractivity contribution in [3.8, 4) is 0 Å². The van der Waals surface area contributed by atoms with Crippen molar-refractivity contribution >= 4 is 5.91 Å². The predicted molar refractivity (Wildman–Crippen MR) is 60.1 cm³/mol. The van der Waals surface area contributed by atoms with E-state index in [0.717, 1.165) is 6.42 Å². The van der Waals surface area contributed by atoms with E-state index in [2.05, 4.69) is 25.3 Å². The highest BCUT2D eigenvalue weighted by atomic mass is 16.5. The van der Waals surface area contributed by atoms with Crippen LogP contribution in [-0.4, -0.2) is 42.4 Å². The van der Waals surface area contributed by atoms with Gasteiger partial charge in [0.05, 0.1) is 12.6 Å². The predicted octanol–water partition coefficient (Wildman–Crippen LogP) is -0.300. The number of rotatable bonds is 8.